The van der Waals surface area contributed by atoms with Crippen molar-refractivity contribution in [1.82, 2.24) is 0 Å². The van der Waals surface area contributed by atoms with Crippen LogP contribution in [0.2, 0.25) is 0 Å². The second-order valence-corrected chi connectivity index (χ2v) is 4.02. The van der Waals surface area contributed by atoms with E-state index in [9.17, 15) is 4.79 Å². The second-order valence-electron chi connectivity index (χ2n) is 4.02. The number of fused-ring (bicyclic) bond motifs is 3. The summed E-state index contributed by atoms with van der Waals surface area (Å²) in [5.41, 5.74) is -0.0868. The molecule has 2 bridgehead atoms. The standard InChI is InChI=1S/C10H15O2/c1-12-9(11)10-5-2-8(3-6-10)4-7-10/h2-7H2,1H3. The van der Waals surface area contributed by atoms with Gasteiger partial charge < -0.3 is 4.74 Å². The number of carbonyl (C=O) groups is 1. The van der Waals surface area contributed by atoms with Gasteiger partial charge in [0.15, 0.2) is 0 Å². The summed E-state index contributed by atoms with van der Waals surface area (Å²) in [6.45, 7) is 0. The molecule has 0 unspecified atom stereocenters. The highest BCUT2D eigenvalue weighted by Crippen LogP contribution is 2.51. The summed E-state index contributed by atoms with van der Waals surface area (Å²) >= 11 is 0. The molecule has 0 atom stereocenters. The third kappa shape index (κ3) is 1.05. The van der Waals surface area contributed by atoms with Crippen molar-refractivity contribution in [2.24, 2.45) is 5.41 Å². The first-order chi connectivity index (χ1) is 5.77. The molecule has 67 valence electrons. The van der Waals surface area contributed by atoms with Crippen molar-refractivity contribution in [3.8, 4) is 0 Å². The zero-order valence-corrected chi connectivity index (χ0v) is 7.56. The molecule has 2 nitrogen and oxygen atoms in total. The molecule has 0 heterocycles. The van der Waals surface area contributed by atoms with Crippen LogP contribution in [-0.2, 0) is 9.53 Å². The van der Waals surface area contributed by atoms with E-state index in [0.717, 1.165) is 38.5 Å². The molecule has 3 aliphatic rings. The van der Waals surface area contributed by atoms with Gasteiger partial charge in [0.05, 0.1) is 12.5 Å². The molecule has 0 aromatic heterocycles. The summed E-state index contributed by atoms with van der Waals surface area (Å²) in [6, 6.07) is 0. The van der Waals surface area contributed by atoms with Gasteiger partial charge in [0, 0.05) is 0 Å². The van der Waals surface area contributed by atoms with E-state index < -0.39 is 0 Å². The molecule has 3 saturated carbocycles. The van der Waals surface area contributed by atoms with Crippen LogP contribution in [-0.4, -0.2) is 13.1 Å². The maximum Gasteiger partial charge on any atom is 0.311 e. The maximum atomic E-state index is 11.5. The first-order valence-corrected chi connectivity index (χ1v) is 4.69. The molecule has 0 aliphatic heterocycles. The van der Waals surface area contributed by atoms with Crippen molar-refractivity contribution >= 4 is 5.97 Å². The van der Waals surface area contributed by atoms with Crippen LogP contribution in [0.4, 0.5) is 0 Å². The Balaban J connectivity index is 2.13. The fourth-order valence-electron chi connectivity index (χ4n) is 2.52. The van der Waals surface area contributed by atoms with Crippen molar-refractivity contribution in [2.45, 2.75) is 38.5 Å². The molecule has 3 fully saturated rings. The van der Waals surface area contributed by atoms with Crippen LogP contribution < -0.4 is 0 Å². The number of rotatable bonds is 1. The van der Waals surface area contributed by atoms with E-state index in [1.54, 1.807) is 5.92 Å². The first-order valence-electron chi connectivity index (χ1n) is 4.69. The summed E-state index contributed by atoms with van der Waals surface area (Å²) in [4.78, 5) is 11.5. The molecule has 0 aromatic rings. The van der Waals surface area contributed by atoms with Crippen LogP contribution in [0.25, 0.3) is 0 Å². The molecule has 2 heteroatoms. The SMILES string of the molecule is COC(=O)C12CC[C](CC1)CC2. The maximum absolute atomic E-state index is 11.5. The highest BCUT2D eigenvalue weighted by atomic mass is 16.5. The molecule has 0 aromatic carbocycles. The highest BCUT2D eigenvalue weighted by molar-refractivity contribution is 5.77. The molecule has 0 N–H and O–H groups in total. The van der Waals surface area contributed by atoms with Gasteiger partial charge in [0.1, 0.15) is 0 Å². The van der Waals surface area contributed by atoms with Gasteiger partial charge in [0.2, 0.25) is 0 Å². The molecule has 3 rings (SSSR count). The van der Waals surface area contributed by atoms with Gasteiger partial charge in [-0.3, -0.25) is 4.79 Å². The molecule has 3 aliphatic carbocycles. The van der Waals surface area contributed by atoms with Crippen LogP contribution in [0, 0.1) is 11.3 Å². The zero-order chi connectivity index (χ0) is 8.60. The van der Waals surface area contributed by atoms with Gasteiger partial charge in [-0.2, -0.15) is 0 Å². The van der Waals surface area contributed by atoms with Crippen molar-refractivity contribution in [3.05, 3.63) is 5.92 Å². The molecular weight excluding hydrogens is 152 g/mol. The Morgan fingerprint density at radius 2 is 1.75 bits per heavy atom. The molecule has 0 spiro atoms. The third-order valence-corrected chi connectivity index (χ3v) is 3.49. The van der Waals surface area contributed by atoms with E-state index in [4.69, 9.17) is 4.74 Å². The zero-order valence-electron chi connectivity index (χ0n) is 7.56. The van der Waals surface area contributed by atoms with Crippen LogP contribution in [0.3, 0.4) is 0 Å². The second kappa shape index (κ2) is 2.75. The fourth-order valence-corrected chi connectivity index (χ4v) is 2.52. The third-order valence-electron chi connectivity index (χ3n) is 3.49. The lowest BCUT2D eigenvalue weighted by molar-refractivity contribution is -0.156. The lowest BCUT2D eigenvalue weighted by Gasteiger charge is -2.43. The van der Waals surface area contributed by atoms with Crippen molar-refractivity contribution in [3.63, 3.8) is 0 Å². The quantitative estimate of drug-likeness (QED) is 0.559. The van der Waals surface area contributed by atoms with Crippen LogP contribution in [0.15, 0.2) is 0 Å². The van der Waals surface area contributed by atoms with E-state index in [2.05, 4.69) is 0 Å². The normalized spacial score (nSPS) is 27.1. The average Bonchev–Trinajstić information content (AvgIpc) is 2.19. The summed E-state index contributed by atoms with van der Waals surface area (Å²) in [5, 5.41) is 0. The Hall–Kier alpha value is -0.530. The summed E-state index contributed by atoms with van der Waals surface area (Å²) in [5.74, 6) is 1.70. The van der Waals surface area contributed by atoms with Crippen molar-refractivity contribution < 1.29 is 9.53 Å². The minimum Gasteiger partial charge on any atom is -0.469 e. The van der Waals surface area contributed by atoms with E-state index in [1.807, 2.05) is 0 Å². The number of carbonyl (C=O) groups excluding carboxylic acids is 1. The first kappa shape index (κ1) is 8.09. The number of esters is 1. The van der Waals surface area contributed by atoms with Gasteiger partial charge in [-0.05, 0) is 44.4 Å². The average molecular weight is 167 g/mol. The topological polar surface area (TPSA) is 26.3 Å². The predicted octanol–water partition coefficient (Wildman–Crippen LogP) is 2.09. The number of methoxy groups -OCH3 is 1. The fraction of sp³-hybridized carbons (Fsp3) is 0.800. The number of hydrogen-bond donors (Lipinski definition) is 0. The van der Waals surface area contributed by atoms with Crippen LogP contribution in [0.5, 0.6) is 0 Å². The molecular formula is C10H15O2. The molecule has 12 heavy (non-hydrogen) atoms. The van der Waals surface area contributed by atoms with Gasteiger partial charge in [-0.15, -0.1) is 0 Å². The minimum absolute atomic E-state index is 0.0289. The predicted molar refractivity (Wildman–Crippen MR) is 45.4 cm³/mol. The highest BCUT2D eigenvalue weighted by Gasteiger charge is 2.46. The number of ether oxygens (including phenoxy) is 1. The Labute approximate surface area is 73.3 Å². The van der Waals surface area contributed by atoms with Crippen LogP contribution in [0.1, 0.15) is 38.5 Å². The monoisotopic (exact) mass is 167 g/mol. The van der Waals surface area contributed by atoms with Gasteiger partial charge in [0.25, 0.3) is 0 Å². The van der Waals surface area contributed by atoms with Crippen molar-refractivity contribution in [2.75, 3.05) is 7.11 Å². The van der Waals surface area contributed by atoms with Gasteiger partial charge >= 0.3 is 5.97 Å². The van der Waals surface area contributed by atoms with E-state index >= 15 is 0 Å². The number of hydrogen-bond acceptors (Lipinski definition) is 2. The van der Waals surface area contributed by atoms with E-state index in [-0.39, 0.29) is 11.4 Å². The Bertz CT molecular complexity index is 176. The van der Waals surface area contributed by atoms with Crippen LogP contribution >= 0.6 is 0 Å². The lowest BCUT2D eigenvalue weighted by atomic mass is 9.61. The Morgan fingerprint density at radius 1 is 1.25 bits per heavy atom. The van der Waals surface area contributed by atoms with E-state index in [1.165, 1.54) is 7.11 Å². The minimum atomic E-state index is -0.0868. The smallest absolute Gasteiger partial charge is 0.311 e. The Kier molecular flexibility index (Phi) is 1.85. The largest absolute Gasteiger partial charge is 0.469 e. The summed E-state index contributed by atoms with van der Waals surface area (Å²) in [6.07, 6.45) is 6.60. The molecule has 0 saturated heterocycles. The van der Waals surface area contributed by atoms with E-state index in [0.29, 0.717) is 0 Å². The summed E-state index contributed by atoms with van der Waals surface area (Å²) < 4.78 is 4.86. The lowest BCUT2D eigenvalue weighted by Crippen LogP contribution is -2.40. The molecule has 0 amide bonds. The Morgan fingerprint density at radius 3 is 2.17 bits per heavy atom. The van der Waals surface area contributed by atoms with Crippen molar-refractivity contribution in [1.29, 1.82) is 0 Å². The van der Waals surface area contributed by atoms with Gasteiger partial charge in [-0.25, -0.2) is 0 Å². The van der Waals surface area contributed by atoms with Gasteiger partial charge in [-0.1, -0.05) is 0 Å². The molecule has 1 radical (unpaired) electrons. The summed E-state index contributed by atoms with van der Waals surface area (Å²) in [7, 11) is 1.50.